The zero-order chi connectivity index (χ0) is 17.4. The number of hydrogen-bond donors (Lipinski definition) is 0. The van der Waals surface area contributed by atoms with E-state index in [1.54, 1.807) is 16.7 Å². The topological polar surface area (TPSA) is 47.8 Å². The quantitative estimate of drug-likeness (QED) is 0.598. The second kappa shape index (κ2) is 6.72. The van der Waals surface area contributed by atoms with Gasteiger partial charge in [-0.15, -0.1) is 0 Å². The monoisotopic (exact) mass is 409 g/mol. The van der Waals surface area contributed by atoms with E-state index in [0.29, 0.717) is 21.7 Å². The molecule has 1 atom stereocenters. The average Bonchev–Trinajstić information content (AvgIpc) is 2.90. The van der Waals surface area contributed by atoms with E-state index in [-0.39, 0.29) is 28.7 Å². The van der Waals surface area contributed by atoms with E-state index in [4.69, 9.17) is 0 Å². The van der Waals surface area contributed by atoms with Crippen molar-refractivity contribution < 1.29 is 4.39 Å². The van der Waals surface area contributed by atoms with Crippen LogP contribution in [0.5, 0.6) is 0 Å². The van der Waals surface area contributed by atoms with Crippen LogP contribution >= 0.6 is 27.5 Å². The van der Waals surface area contributed by atoms with Gasteiger partial charge in [-0.2, -0.15) is 4.37 Å². The minimum Gasteiger partial charge on any atom is -0.291 e. The van der Waals surface area contributed by atoms with Gasteiger partial charge in [-0.1, -0.05) is 41.9 Å². The number of hydrogen-bond acceptors (Lipinski definition) is 4. The minimum atomic E-state index is -0.316. The zero-order valence-corrected chi connectivity index (χ0v) is 16.0. The number of aromatic nitrogens is 3. The highest BCUT2D eigenvalue weighted by atomic mass is 79.9. The third-order valence-corrected chi connectivity index (χ3v) is 6.16. The predicted molar refractivity (Wildman–Crippen MR) is 98.4 cm³/mol. The van der Waals surface area contributed by atoms with Crippen LogP contribution in [0, 0.1) is 18.7 Å². The van der Waals surface area contributed by atoms with Gasteiger partial charge in [0.05, 0.1) is 22.5 Å². The number of fused-ring (bicyclic) bond motifs is 1. The maximum atomic E-state index is 13.5. The van der Waals surface area contributed by atoms with Crippen LogP contribution in [-0.4, -0.2) is 13.9 Å². The molecule has 0 saturated heterocycles. The van der Waals surface area contributed by atoms with Gasteiger partial charge in [0.1, 0.15) is 11.6 Å². The standard InChI is InChI=1S/C17H17BrFN3OS/c1-9(2)14(18)15-20-16-13(10(3)21-24-16)17(23)22(15)8-11-5-4-6-12(19)7-11/h4-7,9,14H,8H2,1-3H3. The number of halogens is 2. The number of benzene rings is 1. The van der Waals surface area contributed by atoms with Gasteiger partial charge in [0, 0.05) is 0 Å². The Morgan fingerprint density at radius 1 is 1.38 bits per heavy atom. The van der Waals surface area contributed by atoms with Crippen molar-refractivity contribution >= 4 is 37.7 Å². The second-order valence-corrected chi connectivity index (χ2v) is 7.82. The lowest BCUT2D eigenvalue weighted by Gasteiger charge is -2.19. The Hall–Kier alpha value is -1.60. The highest BCUT2D eigenvalue weighted by Crippen LogP contribution is 2.30. The molecule has 24 heavy (non-hydrogen) atoms. The van der Waals surface area contributed by atoms with Gasteiger partial charge in [-0.25, -0.2) is 9.37 Å². The molecule has 1 unspecified atom stereocenters. The molecule has 0 aliphatic rings. The van der Waals surface area contributed by atoms with Crippen LogP contribution < -0.4 is 5.56 Å². The second-order valence-electron chi connectivity index (χ2n) is 6.09. The molecule has 0 fully saturated rings. The van der Waals surface area contributed by atoms with Gasteiger partial charge in [-0.3, -0.25) is 9.36 Å². The van der Waals surface area contributed by atoms with Crippen LogP contribution in [0.15, 0.2) is 29.1 Å². The summed E-state index contributed by atoms with van der Waals surface area (Å²) in [5.41, 5.74) is 1.28. The molecule has 2 aromatic heterocycles. The van der Waals surface area contributed by atoms with Crippen LogP contribution in [0.3, 0.4) is 0 Å². The van der Waals surface area contributed by atoms with Crippen molar-refractivity contribution in [3.63, 3.8) is 0 Å². The smallest absolute Gasteiger partial charge is 0.264 e. The summed E-state index contributed by atoms with van der Waals surface area (Å²) in [6, 6.07) is 6.29. The lowest BCUT2D eigenvalue weighted by molar-refractivity contribution is 0.567. The summed E-state index contributed by atoms with van der Waals surface area (Å²) in [4.78, 5) is 18.3. The number of aryl methyl sites for hydroxylation is 1. The van der Waals surface area contributed by atoms with Gasteiger partial charge in [0.15, 0.2) is 4.83 Å². The maximum absolute atomic E-state index is 13.5. The molecule has 7 heteroatoms. The molecule has 0 aliphatic heterocycles. The van der Waals surface area contributed by atoms with Crippen LogP contribution in [0.2, 0.25) is 0 Å². The fourth-order valence-electron chi connectivity index (χ4n) is 2.56. The Balaban J connectivity index is 2.22. The largest absolute Gasteiger partial charge is 0.291 e. The van der Waals surface area contributed by atoms with E-state index in [2.05, 4.69) is 39.1 Å². The van der Waals surface area contributed by atoms with Gasteiger partial charge in [0.25, 0.3) is 5.56 Å². The van der Waals surface area contributed by atoms with Crippen molar-refractivity contribution in [2.24, 2.45) is 5.92 Å². The van der Waals surface area contributed by atoms with Gasteiger partial charge < -0.3 is 0 Å². The summed E-state index contributed by atoms with van der Waals surface area (Å²) in [7, 11) is 0. The van der Waals surface area contributed by atoms with Crippen LogP contribution in [0.25, 0.3) is 10.2 Å². The molecule has 126 valence electrons. The highest BCUT2D eigenvalue weighted by Gasteiger charge is 2.22. The first-order valence-corrected chi connectivity index (χ1v) is 9.32. The van der Waals surface area contributed by atoms with E-state index in [0.717, 1.165) is 5.56 Å². The zero-order valence-electron chi connectivity index (χ0n) is 13.6. The fourth-order valence-corrected chi connectivity index (χ4v) is 3.69. The first-order valence-electron chi connectivity index (χ1n) is 7.63. The van der Waals surface area contributed by atoms with Crippen molar-refractivity contribution in [2.75, 3.05) is 0 Å². The van der Waals surface area contributed by atoms with Crippen LogP contribution in [0.4, 0.5) is 4.39 Å². The van der Waals surface area contributed by atoms with Crippen molar-refractivity contribution in [2.45, 2.75) is 32.1 Å². The van der Waals surface area contributed by atoms with E-state index in [9.17, 15) is 9.18 Å². The lowest BCUT2D eigenvalue weighted by Crippen LogP contribution is -2.27. The Kier molecular flexibility index (Phi) is 4.83. The Morgan fingerprint density at radius 3 is 2.79 bits per heavy atom. The van der Waals surface area contributed by atoms with Crippen LogP contribution in [0.1, 0.15) is 35.8 Å². The van der Waals surface area contributed by atoms with Crippen molar-refractivity contribution in [1.82, 2.24) is 13.9 Å². The summed E-state index contributed by atoms with van der Waals surface area (Å²) >= 11 is 4.88. The molecule has 4 nitrogen and oxygen atoms in total. The minimum absolute atomic E-state index is 0.0782. The Morgan fingerprint density at radius 2 is 2.12 bits per heavy atom. The summed E-state index contributed by atoms with van der Waals surface area (Å²) in [5.74, 6) is 0.585. The summed E-state index contributed by atoms with van der Waals surface area (Å²) < 4.78 is 19.4. The predicted octanol–water partition coefficient (Wildman–Crippen LogP) is 4.44. The maximum Gasteiger partial charge on any atom is 0.264 e. The average molecular weight is 410 g/mol. The highest BCUT2D eigenvalue weighted by molar-refractivity contribution is 9.09. The molecule has 3 rings (SSSR count). The molecule has 0 amide bonds. The number of nitrogens with zero attached hydrogens (tertiary/aromatic N) is 3. The molecule has 3 aromatic rings. The molecule has 2 heterocycles. The third kappa shape index (κ3) is 3.15. The Bertz CT molecular complexity index is 951. The van der Waals surface area contributed by atoms with Crippen LogP contribution in [-0.2, 0) is 6.54 Å². The first-order chi connectivity index (χ1) is 11.4. The summed E-state index contributed by atoms with van der Waals surface area (Å²) in [6.07, 6.45) is 0. The molecule has 0 N–H and O–H groups in total. The van der Waals surface area contributed by atoms with Gasteiger partial charge in [-0.05, 0) is 42.1 Å². The van der Waals surface area contributed by atoms with E-state index < -0.39 is 0 Å². The molecule has 0 aliphatic carbocycles. The molecule has 0 radical (unpaired) electrons. The normalized spacial score (nSPS) is 12.9. The van der Waals surface area contributed by atoms with E-state index in [1.165, 1.54) is 23.7 Å². The van der Waals surface area contributed by atoms with Gasteiger partial charge >= 0.3 is 0 Å². The van der Waals surface area contributed by atoms with E-state index in [1.807, 2.05) is 6.92 Å². The molecular weight excluding hydrogens is 393 g/mol. The van der Waals surface area contributed by atoms with Gasteiger partial charge in [0.2, 0.25) is 0 Å². The van der Waals surface area contributed by atoms with Crippen molar-refractivity contribution in [3.05, 3.63) is 57.5 Å². The lowest BCUT2D eigenvalue weighted by atomic mass is 10.1. The summed E-state index contributed by atoms with van der Waals surface area (Å²) in [6.45, 7) is 6.20. The Labute approximate surface area is 151 Å². The fraction of sp³-hybridized carbons (Fsp3) is 0.353. The van der Waals surface area contributed by atoms with E-state index >= 15 is 0 Å². The SMILES string of the molecule is Cc1nsc2nc(C(Br)C(C)C)n(Cc3cccc(F)c3)c(=O)c12. The number of rotatable bonds is 4. The summed E-state index contributed by atoms with van der Waals surface area (Å²) in [5, 5.41) is 0.545. The first kappa shape index (κ1) is 17.2. The third-order valence-electron chi connectivity index (χ3n) is 3.86. The molecular formula is C17H17BrFN3OS. The molecule has 0 spiro atoms. The molecule has 1 aromatic carbocycles. The molecule has 0 saturated carbocycles. The van der Waals surface area contributed by atoms with Crippen molar-refractivity contribution in [1.29, 1.82) is 0 Å². The number of alkyl halides is 1. The van der Waals surface area contributed by atoms with Crippen molar-refractivity contribution in [3.8, 4) is 0 Å². The molecule has 0 bridgehead atoms.